The molecule has 2 aromatic heterocycles. The third kappa shape index (κ3) is 3.40. The van der Waals surface area contributed by atoms with Crippen LogP contribution in [0, 0.1) is 13.8 Å². The molecule has 170 valence electrons. The van der Waals surface area contributed by atoms with Crippen LogP contribution in [0.25, 0.3) is 16.8 Å². The van der Waals surface area contributed by atoms with Crippen LogP contribution in [0.15, 0.2) is 66.5 Å². The number of carbonyl (C=O) groups is 2. The van der Waals surface area contributed by atoms with Gasteiger partial charge in [-0.2, -0.15) is 0 Å². The summed E-state index contributed by atoms with van der Waals surface area (Å²) < 4.78 is 5.25. The number of hydrogen-bond acceptors (Lipinski definition) is 6. The van der Waals surface area contributed by atoms with Crippen LogP contribution in [-0.2, 0) is 9.59 Å². The molecular weight excluding hydrogens is 432 g/mol. The number of methoxy groups -OCH3 is 1. The zero-order valence-electron chi connectivity index (χ0n) is 18.9. The number of fused-ring (bicyclic) bond motifs is 1. The van der Waals surface area contributed by atoms with Gasteiger partial charge in [0.25, 0.3) is 5.78 Å². The van der Waals surface area contributed by atoms with Gasteiger partial charge in [-0.05, 0) is 66.9 Å². The first-order valence-corrected chi connectivity index (χ1v) is 10.7. The highest BCUT2D eigenvalue weighted by molar-refractivity contribution is 6.51. The number of aryl methyl sites for hydroxylation is 2. The number of ketones is 1. The van der Waals surface area contributed by atoms with E-state index in [1.165, 1.54) is 4.90 Å². The number of aliphatic hydroxyl groups is 1. The number of pyridine rings is 1. The van der Waals surface area contributed by atoms with Gasteiger partial charge in [-0.3, -0.25) is 19.5 Å². The Hall–Kier alpha value is -4.46. The number of Topliss-reactive ketones (excluding diaryl/α,β-unsaturated/α-hetero) is 1. The first-order valence-electron chi connectivity index (χ1n) is 10.7. The molecule has 2 aromatic carbocycles. The van der Waals surface area contributed by atoms with Crippen molar-refractivity contribution in [2.45, 2.75) is 19.9 Å². The average Bonchev–Trinajstić information content (AvgIpc) is 3.36. The maximum absolute atomic E-state index is 13.3. The second kappa shape index (κ2) is 8.15. The topological polar surface area (TPSA) is 108 Å². The Morgan fingerprint density at radius 1 is 1.12 bits per heavy atom. The van der Waals surface area contributed by atoms with Gasteiger partial charge in [0.1, 0.15) is 11.5 Å². The molecule has 3 heterocycles. The van der Waals surface area contributed by atoms with Gasteiger partial charge in [0.05, 0.1) is 29.8 Å². The first-order chi connectivity index (χ1) is 16.4. The van der Waals surface area contributed by atoms with Crippen LogP contribution in [0.2, 0.25) is 0 Å². The number of H-pyrrole nitrogens is 1. The number of imidazole rings is 1. The van der Waals surface area contributed by atoms with Crippen molar-refractivity contribution in [2.75, 3.05) is 12.0 Å². The molecule has 1 fully saturated rings. The molecule has 0 radical (unpaired) electrons. The van der Waals surface area contributed by atoms with E-state index in [9.17, 15) is 14.7 Å². The minimum absolute atomic E-state index is 0.0251. The largest absolute Gasteiger partial charge is 0.507 e. The third-order valence-electron chi connectivity index (χ3n) is 5.99. The Morgan fingerprint density at radius 3 is 2.65 bits per heavy atom. The van der Waals surface area contributed by atoms with Crippen molar-refractivity contribution in [3.8, 4) is 5.75 Å². The van der Waals surface area contributed by atoms with Gasteiger partial charge in [0.2, 0.25) is 5.95 Å². The van der Waals surface area contributed by atoms with Crippen molar-refractivity contribution < 1.29 is 19.4 Å². The number of aromatic amines is 1. The summed E-state index contributed by atoms with van der Waals surface area (Å²) in [6, 6.07) is 13.4. The number of aromatic nitrogens is 3. The highest BCUT2D eigenvalue weighted by atomic mass is 16.5. The number of ether oxygens (including phenoxy) is 1. The second-order valence-electron chi connectivity index (χ2n) is 8.22. The molecule has 0 spiro atoms. The first kappa shape index (κ1) is 21.4. The summed E-state index contributed by atoms with van der Waals surface area (Å²) in [7, 11) is 1.55. The highest BCUT2D eigenvalue weighted by Gasteiger charge is 2.48. The molecule has 1 amide bonds. The molecule has 1 aliphatic rings. The summed E-state index contributed by atoms with van der Waals surface area (Å²) in [5, 5.41) is 11.3. The van der Waals surface area contributed by atoms with Crippen LogP contribution < -0.4 is 9.64 Å². The maximum Gasteiger partial charge on any atom is 0.302 e. The molecule has 0 aliphatic carbocycles. The number of nitrogens with zero attached hydrogens (tertiary/aromatic N) is 3. The van der Waals surface area contributed by atoms with Gasteiger partial charge in [-0.1, -0.05) is 12.1 Å². The van der Waals surface area contributed by atoms with Gasteiger partial charge in [-0.15, -0.1) is 0 Å². The number of nitrogens with one attached hydrogen (secondary N) is 1. The van der Waals surface area contributed by atoms with E-state index < -0.39 is 17.7 Å². The van der Waals surface area contributed by atoms with Gasteiger partial charge >= 0.3 is 5.91 Å². The van der Waals surface area contributed by atoms with Gasteiger partial charge in [0, 0.05) is 18.0 Å². The zero-order chi connectivity index (χ0) is 24.0. The zero-order valence-corrected chi connectivity index (χ0v) is 18.9. The lowest BCUT2D eigenvalue weighted by Gasteiger charge is -2.22. The van der Waals surface area contributed by atoms with E-state index in [1.807, 2.05) is 25.1 Å². The quantitative estimate of drug-likeness (QED) is 0.272. The summed E-state index contributed by atoms with van der Waals surface area (Å²) in [6.45, 7) is 3.76. The number of amides is 1. The molecule has 1 saturated heterocycles. The minimum Gasteiger partial charge on any atom is -0.507 e. The lowest BCUT2D eigenvalue weighted by molar-refractivity contribution is -0.132. The summed E-state index contributed by atoms with van der Waals surface area (Å²) in [5.41, 5.74) is 4.13. The van der Waals surface area contributed by atoms with E-state index in [4.69, 9.17) is 4.74 Å². The van der Waals surface area contributed by atoms with Crippen molar-refractivity contribution in [3.05, 3.63) is 88.8 Å². The van der Waals surface area contributed by atoms with Crippen molar-refractivity contribution in [3.63, 3.8) is 0 Å². The van der Waals surface area contributed by atoms with Crippen molar-refractivity contribution >= 4 is 34.4 Å². The molecule has 1 unspecified atom stereocenters. The number of hydrogen-bond donors (Lipinski definition) is 2. The molecule has 2 N–H and O–H groups in total. The molecule has 0 bridgehead atoms. The number of carbonyl (C=O) groups excluding carboxylic acids is 2. The van der Waals surface area contributed by atoms with Gasteiger partial charge < -0.3 is 14.8 Å². The van der Waals surface area contributed by atoms with Crippen LogP contribution >= 0.6 is 0 Å². The molecule has 4 aromatic rings. The number of benzene rings is 2. The molecular formula is C26H22N4O4. The van der Waals surface area contributed by atoms with Crippen molar-refractivity contribution in [1.82, 2.24) is 15.0 Å². The molecule has 8 heteroatoms. The van der Waals surface area contributed by atoms with E-state index in [0.29, 0.717) is 28.0 Å². The van der Waals surface area contributed by atoms with Crippen LogP contribution in [0.3, 0.4) is 0 Å². The molecule has 1 aliphatic heterocycles. The standard InChI is InChI=1S/C26H22N4O4/c1-14-6-9-19-20(11-14)29-26(28-19)30-22(16-5-4-10-27-13-16)21(24(32)25(30)33)23(31)18-8-7-17(34-3)12-15(18)2/h4-13,22,31H,1-3H3,(H,28,29)/b23-21+. The SMILES string of the molecule is COc1ccc(/C(O)=C2\C(=O)C(=O)N(c3nc4ccc(C)cc4[nH]3)C2c2cccnc2)c(C)c1. The fourth-order valence-corrected chi connectivity index (χ4v) is 4.30. The second-order valence-corrected chi connectivity index (χ2v) is 8.22. The fraction of sp³-hybridized carbons (Fsp3) is 0.154. The van der Waals surface area contributed by atoms with Crippen molar-refractivity contribution in [2.24, 2.45) is 0 Å². The average molecular weight is 454 g/mol. The van der Waals surface area contributed by atoms with E-state index >= 15 is 0 Å². The Kier molecular flexibility index (Phi) is 5.13. The predicted molar refractivity (Wildman–Crippen MR) is 128 cm³/mol. The summed E-state index contributed by atoms with van der Waals surface area (Å²) in [5.74, 6) is -0.990. The lowest BCUT2D eigenvalue weighted by Crippen LogP contribution is -2.30. The third-order valence-corrected chi connectivity index (χ3v) is 5.99. The van der Waals surface area contributed by atoms with E-state index in [2.05, 4.69) is 15.0 Å². The highest BCUT2D eigenvalue weighted by Crippen LogP contribution is 2.42. The number of anilines is 1. The number of rotatable bonds is 4. The Balaban J connectivity index is 1.72. The Bertz CT molecular complexity index is 1470. The molecule has 0 saturated carbocycles. The van der Waals surface area contributed by atoms with Crippen molar-refractivity contribution in [1.29, 1.82) is 0 Å². The fourth-order valence-electron chi connectivity index (χ4n) is 4.30. The van der Waals surface area contributed by atoms with Crippen LogP contribution in [0.1, 0.15) is 28.3 Å². The lowest BCUT2D eigenvalue weighted by atomic mass is 9.95. The Morgan fingerprint density at radius 2 is 1.94 bits per heavy atom. The summed E-state index contributed by atoms with van der Waals surface area (Å²) >= 11 is 0. The Labute approximate surface area is 195 Å². The normalized spacial score (nSPS) is 17.5. The monoisotopic (exact) mass is 454 g/mol. The number of aliphatic hydroxyl groups excluding tert-OH is 1. The smallest absolute Gasteiger partial charge is 0.302 e. The molecule has 34 heavy (non-hydrogen) atoms. The van der Waals surface area contributed by atoms with E-state index in [-0.39, 0.29) is 17.3 Å². The molecule has 5 rings (SSSR count). The minimum atomic E-state index is -0.906. The van der Waals surface area contributed by atoms with Crippen LogP contribution in [0.5, 0.6) is 5.75 Å². The van der Waals surface area contributed by atoms with E-state index in [0.717, 1.165) is 11.1 Å². The maximum atomic E-state index is 13.3. The predicted octanol–water partition coefficient (Wildman–Crippen LogP) is 4.21. The molecule has 1 atom stereocenters. The molecule has 8 nitrogen and oxygen atoms in total. The van der Waals surface area contributed by atoms with Crippen LogP contribution in [-0.4, -0.2) is 38.9 Å². The summed E-state index contributed by atoms with van der Waals surface area (Å²) in [6.07, 6.45) is 3.18. The van der Waals surface area contributed by atoms with Crippen LogP contribution in [0.4, 0.5) is 5.95 Å². The van der Waals surface area contributed by atoms with E-state index in [1.54, 1.807) is 56.8 Å². The summed E-state index contributed by atoms with van der Waals surface area (Å²) in [4.78, 5) is 39.8. The van der Waals surface area contributed by atoms with Gasteiger partial charge in [0.15, 0.2) is 0 Å². The van der Waals surface area contributed by atoms with Gasteiger partial charge in [-0.25, -0.2) is 4.98 Å².